The number of hydrogen-bond donors (Lipinski definition) is 0. The van der Waals surface area contributed by atoms with Crippen molar-refractivity contribution in [2.24, 2.45) is 17.8 Å². The van der Waals surface area contributed by atoms with Crippen LogP contribution in [0, 0.1) is 17.8 Å². The molecule has 1 heteroatoms. The van der Waals surface area contributed by atoms with Crippen molar-refractivity contribution >= 4 is 0 Å². The largest absolute Gasteiger partial charge is 0.378 e. The van der Waals surface area contributed by atoms with Crippen molar-refractivity contribution in [3.8, 4) is 0 Å². The maximum atomic E-state index is 5.94. The smallest absolute Gasteiger partial charge is 0.0575 e. The van der Waals surface area contributed by atoms with E-state index in [1.54, 1.807) is 0 Å². The van der Waals surface area contributed by atoms with Gasteiger partial charge in [0.2, 0.25) is 0 Å². The van der Waals surface area contributed by atoms with Gasteiger partial charge in [-0.15, -0.1) is 0 Å². The summed E-state index contributed by atoms with van der Waals surface area (Å²) < 4.78 is 5.94. The van der Waals surface area contributed by atoms with Gasteiger partial charge in [0.05, 0.1) is 6.10 Å². The summed E-state index contributed by atoms with van der Waals surface area (Å²) in [5.41, 5.74) is 0. The van der Waals surface area contributed by atoms with Crippen molar-refractivity contribution in [3.63, 3.8) is 0 Å². The summed E-state index contributed by atoms with van der Waals surface area (Å²) in [6.07, 6.45) is 22.0. The van der Waals surface area contributed by atoms with Gasteiger partial charge >= 0.3 is 0 Å². The van der Waals surface area contributed by atoms with E-state index in [1.165, 1.54) is 64.2 Å². The average Bonchev–Trinajstić information content (AvgIpc) is 2.58. The van der Waals surface area contributed by atoms with Gasteiger partial charge in [0.15, 0.2) is 0 Å². The summed E-state index contributed by atoms with van der Waals surface area (Å²) in [5, 5.41) is 0. The zero-order chi connectivity index (χ0) is 15.6. The Labute approximate surface area is 138 Å². The summed E-state index contributed by atoms with van der Waals surface area (Å²) >= 11 is 0. The molecule has 0 unspecified atom stereocenters. The second-order valence-electron chi connectivity index (χ2n) is 7.43. The van der Waals surface area contributed by atoms with Crippen molar-refractivity contribution < 1.29 is 4.74 Å². The lowest BCUT2D eigenvalue weighted by molar-refractivity contribution is 0.00730. The molecule has 0 saturated heterocycles. The van der Waals surface area contributed by atoms with E-state index in [9.17, 15) is 0 Å². The minimum absolute atomic E-state index is 0.573. The summed E-state index contributed by atoms with van der Waals surface area (Å²) in [5.74, 6) is 3.00. The van der Waals surface area contributed by atoms with Gasteiger partial charge in [-0.2, -0.15) is 0 Å². The molecule has 0 heterocycles. The maximum absolute atomic E-state index is 5.94. The molecular weight excluding hydrogens is 268 g/mol. The first kappa shape index (κ1) is 17.8. The van der Waals surface area contributed by atoms with Crippen molar-refractivity contribution in [1.82, 2.24) is 0 Å². The van der Waals surface area contributed by atoms with Crippen LogP contribution in [0.15, 0.2) is 24.8 Å². The zero-order valence-corrected chi connectivity index (χ0v) is 14.6. The fourth-order valence-electron chi connectivity index (χ4n) is 4.48. The fraction of sp³-hybridized carbons (Fsp3) is 0.810. The van der Waals surface area contributed by atoms with Crippen LogP contribution in [-0.2, 0) is 4.74 Å². The van der Waals surface area contributed by atoms with Crippen molar-refractivity contribution in [3.05, 3.63) is 24.8 Å². The minimum Gasteiger partial charge on any atom is -0.378 e. The Hall–Kier alpha value is -0.560. The van der Waals surface area contributed by atoms with Crippen LogP contribution in [0.5, 0.6) is 0 Å². The average molecular weight is 305 g/mol. The van der Waals surface area contributed by atoms with E-state index in [-0.39, 0.29) is 0 Å². The quantitative estimate of drug-likeness (QED) is 0.478. The fourth-order valence-corrected chi connectivity index (χ4v) is 4.48. The number of rotatable bonds is 8. The molecule has 2 aliphatic carbocycles. The molecular formula is C21H36O. The van der Waals surface area contributed by atoms with E-state index < -0.39 is 0 Å². The van der Waals surface area contributed by atoms with Crippen molar-refractivity contribution in [1.29, 1.82) is 0 Å². The molecule has 0 aromatic rings. The van der Waals surface area contributed by atoms with Gasteiger partial charge in [-0.25, -0.2) is 0 Å². The molecule has 126 valence electrons. The highest BCUT2D eigenvalue weighted by atomic mass is 16.5. The second kappa shape index (κ2) is 10.3. The minimum atomic E-state index is 0.573. The molecule has 0 aromatic heterocycles. The van der Waals surface area contributed by atoms with Gasteiger partial charge in [-0.1, -0.05) is 44.6 Å². The second-order valence-corrected chi connectivity index (χ2v) is 7.43. The van der Waals surface area contributed by atoms with Crippen LogP contribution in [0.2, 0.25) is 0 Å². The van der Waals surface area contributed by atoms with E-state index in [0.29, 0.717) is 6.10 Å². The molecule has 2 aliphatic rings. The first-order chi connectivity index (χ1) is 10.8. The Morgan fingerprint density at radius 2 is 1.59 bits per heavy atom. The third-order valence-electron chi connectivity index (χ3n) is 5.85. The van der Waals surface area contributed by atoms with Crippen molar-refractivity contribution in [2.75, 3.05) is 6.61 Å². The summed E-state index contributed by atoms with van der Waals surface area (Å²) in [7, 11) is 0. The lowest BCUT2D eigenvalue weighted by Gasteiger charge is -2.37. The van der Waals surface area contributed by atoms with Crippen LogP contribution in [0.25, 0.3) is 0 Å². The molecule has 0 atom stereocenters. The Morgan fingerprint density at radius 1 is 0.955 bits per heavy atom. The van der Waals surface area contributed by atoms with Gasteiger partial charge in [0.25, 0.3) is 0 Å². The van der Waals surface area contributed by atoms with Crippen LogP contribution < -0.4 is 0 Å². The van der Waals surface area contributed by atoms with Gasteiger partial charge in [0, 0.05) is 6.61 Å². The van der Waals surface area contributed by atoms with Crippen LogP contribution in [0.3, 0.4) is 0 Å². The highest BCUT2D eigenvalue weighted by Crippen LogP contribution is 2.41. The highest BCUT2D eigenvalue weighted by molar-refractivity contribution is 4.97. The Balaban J connectivity index is 1.61. The van der Waals surface area contributed by atoms with Crippen LogP contribution >= 0.6 is 0 Å². The molecule has 0 N–H and O–H groups in total. The highest BCUT2D eigenvalue weighted by Gasteiger charge is 2.30. The van der Waals surface area contributed by atoms with Gasteiger partial charge in [0.1, 0.15) is 0 Å². The Kier molecular flexibility index (Phi) is 8.30. The van der Waals surface area contributed by atoms with E-state index in [2.05, 4.69) is 25.7 Å². The molecule has 2 saturated carbocycles. The Bertz CT molecular complexity index is 317. The predicted molar refractivity (Wildman–Crippen MR) is 96.0 cm³/mol. The third-order valence-corrected chi connectivity index (χ3v) is 5.85. The van der Waals surface area contributed by atoms with Crippen LogP contribution in [-0.4, -0.2) is 12.7 Å². The first-order valence-corrected chi connectivity index (χ1v) is 9.72. The molecule has 22 heavy (non-hydrogen) atoms. The lowest BCUT2D eigenvalue weighted by Crippen LogP contribution is -2.28. The summed E-state index contributed by atoms with van der Waals surface area (Å²) in [6.45, 7) is 6.90. The van der Waals surface area contributed by atoms with E-state index >= 15 is 0 Å². The summed E-state index contributed by atoms with van der Waals surface area (Å²) in [6, 6.07) is 0. The van der Waals surface area contributed by atoms with Gasteiger partial charge < -0.3 is 4.74 Å². The molecule has 0 aromatic carbocycles. The lowest BCUT2D eigenvalue weighted by atomic mass is 9.70. The van der Waals surface area contributed by atoms with Crippen LogP contribution in [0.4, 0.5) is 0 Å². The van der Waals surface area contributed by atoms with E-state index in [0.717, 1.165) is 30.8 Å². The summed E-state index contributed by atoms with van der Waals surface area (Å²) in [4.78, 5) is 0. The molecule has 2 fully saturated rings. The molecule has 0 bridgehead atoms. The van der Waals surface area contributed by atoms with E-state index in [4.69, 9.17) is 4.74 Å². The number of hydrogen-bond acceptors (Lipinski definition) is 1. The monoisotopic (exact) mass is 304 g/mol. The Morgan fingerprint density at radius 3 is 2.18 bits per heavy atom. The molecule has 0 radical (unpaired) electrons. The zero-order valence-electron chi connectivity index (χ0n) is 14.6. The van der Waals surface area contributed by atoms with Crippen molar-refractivity contribution in [2.45, 2.75) is 83.7 Å². The molecule has 0 aliphatic heterocycles. The molecule has 0 spiro atoms. The third kappa shape index (κ3) is 5.91. The molecule has 2 rings (SSSR count). The topological polar surface area (TPSA) is 9.23 Å². The SMILES string of the molecule is C=C/C=C/CCC1CCC(C2CCC(OCCC)CC2)CC1. The number of allylic oxidation sites excluding steroid dienone is 3. The van der Waals surface area contributed by atoms with Crippen LogP contribution in [0.1, 0.15) is 77.6 Å². The molecule has 0 amide bonds. The first-order valence-electron chi connectivity index (χ1n) is 9.72. The predicted octanol–water partition coefficient (Wildman–Crippen LogP) is 6.30. The van der Waals surface area contributed by atoms with Gasteiger partial charge in [-0.3, -0.25) is 0 Å². The van der Waals surface area contributed by atoms with E-state index in [1.807, 2.05) is 6.08 Å². The molecule has 1 nitrogen and oxygen atoms in total. The standard InChI is InChI=1S/C21H36O/c1-3-5-6-7-8-18-9-11-19(12-10-18)20-13-15-21(16-14-20)22-17-4-2/h3,5-6,18-21H,1,4,7-17H2,2H3/b6-5+. The number of ether oxygens (including phenoxy) is 1. The maximum Gasteiger partial charge on any atom is 0.0575 e. The van der Waals surface area contributed by atoms with Gasteiger partial charge in [-0.05, 0) is 75.5 Å². The normalized spacial score (nSPS) is 33.1.